The van der Waals surface area contributed by atoms with Crippen LogP contribution in [0.2, 0.25) is 0 Å². The number of piperazine rings is 1. The molecule has 27 heavy (non-hydrogen) atoms. The van der Waals surface area contributed by atoms with Gasteiger partial charge in [0.1, 0.15) is 0 Å². The number of rotatable bonds is 7. The van der Waals surface area contributed by atoms with E-state index in [9.17, 15) is 5.11 Å². The Labute approximate surface area is 163 Å². The smallest absolute Gasteiger partial charge is 0.0641 e. The zero-order valence-electron chi connectivity index (χ0n) is 17.2. The summed E-state index contributed by atoms with van der Waals surface area (Å²) in [4.78, 5) is 5.06. The van der Waals surface area contributed by atoms with Crippen LogP contribution in [0.5, 0.6) is 0 Å². The van der Waals surface area contributed by atoms with Crippen molar-refractivity contribution < 1.29 is 5.11 Å². The van der Waals surface area contributed by atoms with E-state index in [1.54, 1.807) is 0 Å². The minimum atomic E-state index is 0.243. The Bertz CT molecular complexity index is 725. The molecular formula is C22H34N4O. The molecule has 0 aliphatic carbocycles. The Balaban J connectivity index is 1.68. The summed E-state index contributed by atoms with van der Waals surface area (Å²) in [6.07, 6.45) is 0.826. The van der Waals surface area contributed by atoms with Crippen LogP contribution in [0.3, 0.4) is 0 Å². The lowest BCUT2D eigenvalue weighted by Crippen LogP contribution is -2.52. The summed E-state index contributed by atoms with van der Waals surface area (Å²) in [5, 5.41) is 14.3. The number of aliphatic hydroxyl groups excluding tert-OH is 1. The second-order valence-corrected chi connectivity index (χ2v) is 8.04. The highest BCUT2D eigenvalue weighted by atomic mass is 16.3. The van der Waals surface area contributed by atoms with Crippen LogP contribution < -0.4 is 0 Å². The fourth-order valence-electron chi connectivity index (χ4n) is 4.20. The quantitative estimate of drug-likeness (QED) is 0.813. The Hall–Kier alpha value is -1.69. The van der Waals surface area contributed by atoms with Crippen LogP contribution in [0.1, 0.15) is 48.8 Å². The van der Waals surface area contributed by atoms with Crippen LogP contribution in [0, 0.1) is 13.8 Å². The van der Waals surface area contributed by atoms with Crippen molar-refractivity contribution in [2.45, 2.75) is 59.3 Å². The minimum Gasteiger partial charge on any atom is -0.396 e. The van der Waals surface area contributed by atoms with E-state index in [1.165, 1.54) is 16.8 Å². The standard InChI is InChI=1S/C22H34N4O/c1-17(2)26-19(4)22(18(3)23-26)16-24-11-12-25(21(15-24)10-13-27)14-20-8-6-5-7-9-20/h5-9,17,21,27H,10-16H2,1-4H3. The van der Waals surface area contributed by atoms with Gasteiger partial charge in [0.15, 0.2) is 0 Å². The third-order valence-corrected chi connectivity index (χ3v) is 5.73. The Morgan fingerprint density at radius 3 is 2.48 bits per heavy atom. The summed E-state index contributed by atoms with van der Waals surface area (Å²) >= 11 is 0. The average molecular weight is 371 g/mol. The van der Waals surface area contributed by atoms with Gasteiger partial charge >= 0.3 is 0 Å². The molecule has 1 N–H and O–H groups in total. The first-order valence-electron chi connectivity index (χ1n) is 10.1. The van der Waals surface area contributed by atoms with Crippen LogP contribution in [-0.2, 0) is 13.1 Å². The number of benzene rings is 1. The summed E-state index contributed by atoms with van der Waals surface area (Å²) < 4.78 is 2.14. The second-order valence-electron chi connectivity index (χ2n) is 8.04. The fraction of sp³-hybridized carbons (Fsp3) is 0.591. The molecular weight excluding hydrogens is 336 g/mol. The van der Waals surface area contributed by atoms with Crippen LogP contribution in [-0.4, -0.2) is 57.0 Å². The van der Waals surface area contributed by atoms with Crippen molar-refractivity contribution in [2.24, 2.45) is 0 Å². The normalized spacial score (nSPS) is 19.1. The lowest BCUT2D eigenvalue weighted by molar-refractivity contribution is 0.0498. The molecule has 1 atom stereocenters. The van der Waals surface area contributed by atoms with Crippen LogP contribution in [0.15, 0.2) is 30.3 Å². The van der Waals surface area contributed by atoms with Crippen molar-refractivity contribution in [3.8, 4) is 0 Å². The van der Waals surface area contributed by atoms with Crippen molar-refractivity contribution in [1.29, 1.82) is 0 Å². The molecule has 1 aliphatic heterocycles. The van der Waals surface area contributed by atoms with Gasteiger partial charge in [-0.15, -0.1) is 0 Å². The number of aryl methyl sites for hydroxylation is 1. The van der Waals surface area contributed by atoms with Gasteiger partial charge in [-0.2, -0.15) is 5.10 Å². The third-order valence-electron chi connectivity index (χ3n) is 5.73. The van der Waals surface area contributed by atoms with Crippen molar-refractivity contribution in [2.75, 3.05) is 26.2 Å². The second kappa shape index (κ2) is 9.00. The summed E-state index contributed by atoms with van der Waals surface area (Å²) in [5.41, 5.74) is 5.14. The van der Waals surface area contributed by atoms with Crippen molar-refractivity contribution >= 4 is 0 Å². The van der Waals surface area contributed by atoms with E-state index >= 15 is 0 Å². The van der Waals surface area contributed by atoms with E-state index in [0.717, 1.165) is 44.8 Å². The fourth-order valence-corrected chi connectivity index (χ4v) is 4.20. The number of hydrogen-bond acceptors (Lipinski definition) is 4. The molecule has 2 aromatic rings. The van der Waals surface area contributed by atoms with E-state index in [-0.39, 0.29) is 6.61 Å². The molecule has 1 aromatic heterocycles. The van der Waals surface area contributed by atoms with Gasteiger partial charge < -0.3 is 5.11 Å². The lowest BCUT2D eigenvalue weighted by atomic mass is 10.1. The van der Waals surface area contributed by atoms with Gasteiger partial charge in [0.05, 0.1) is 5.69 Å². The van der Waals surface area contributed by atoms with Gasteiger partial charge in [-0.25, -0.2) is 0 Å². The first-order valence-corrected chi connectivity index (χ1v) is 10.1. The van der Waals surface area contributed by atoms with E-state index in [2.05, 4.69) is 72.5 Å². The first-order chi connectivity index (χ1) is 13.0. The monoisotopic (exact) mass is 370 g/mol. The SMILES string of the molecule is Cc1nn(C(C)C)c(C)c1CN1CCN(Cc2ccccc2)C(CCO)C1. The minimum absolute atomic E-state index is 0.243. The lowest BCUT2D eigenvalue weighted by Gasteiger charge is -2.41. The molecule has 1 fully saturated rings. The molecule has 1 aliphatic rings. The van der Waals surface area contributed by atoms with Gasteiger partial charge in [-0.3, -0.25) is 14.5 Å². The van der Waals surface area contributed by atoms with Crippen LogP contribution >= 0.6 is 0 Å². The molecule has 148 valence electrons. The largest absolute Gasteiger partial charge is 0.396 e. The molecule has 1 unspecified atom stereocenters. The highest BCUT2D eigenvalue weighted by Crippen LogP contribution is 2.22. The highest BCUT2D eigenvalue weighted by molar-refractivity contribution is 5.25. The van der Waals surface area contributed by atoms with Gasteiger partial charge in [0.25, 0.3) is 0 Å². The molecule has 1 saturated heterocycles. The van der Waals surface area contributed by atoms with Crippen LogP contribution in [0.25, 0.3) is 0 Å². The molecule has 0 spiro atoms. The van der Waals surface area contributed by atoms with Gasteiger partial charge in [-0.05, 0) is 39.7 Å². The molecule has 5 heteroatoms. The molecule has 5 nitrogen and oxygen atoms in total. The summed E-state index contributed by atoms with van der Waals surface area (Å²) in [5.74, 6) is 0. The summed E-state index contributed by atoms with van der Waals surface area (Å²) in [6.45, 7) is 13.9. The zero-order valence-corrected chi connectivity index (χ0v) is 17.2. The van der Waals surface area contributed by atoms with Crippen molar-refractivity contribution in [1.82, 2.24) is 19.6 Å². The predicted octanol–water partition coefficient (Wildman–Crippen LogP) is 3.15. The number of nitrogens with zero attached hydrogens (tertiary/aromatic N) is 4. The number of hydrogen-bond donors (Lipinski definition) is 1. The number of aliphatic hydroxyl groups is 1. The van der Waals surface area contributed by atoms with Gasteiger partial charge in [0.2, 0.25) is 0 Å². The molecule has 0 amide bonds. The third kappa shape index (κ3) is 4.78. The summed E-state index contributed by atoms with van der Waals surface area (Å²) in [7, 11) is 0. The Kier molecular flexibility index (Phi) is 6.68. The molecule has 0 bridgehead atoms. The number of aromatic nitrogens is 2. The maximum atomic E-state index is 9.57. The van der Waals surface area contributed by atoms with Crippen molar-refractivity contribution in [3.63, 3.8) is 0 Å². The topological polar surface area (TPSA) is 44.5 Å². The van der Waals surface area contributed by atoms with Crippen molar-refractivity contribution in [3.05, 3.63) is 52.8 Å². The highest BCUT2D eigenvalue weighted by Gasteiger charge is 2.28. The zero-order chi connectivity index (χ0) is 19.4. The Morgan fingerprint density at radius 2 is 1.85 bits per heavy atom. The molecule has 0 saturated carbocycles. The predicted molar refractivity (Wildman–Crippen MR) is 110 cm³/mol. The van der Waals surface area contributed by atoms with E-state index in [4.69, 9.17) is 5.10 Å². The first kappa shape index (κ1) is 20.1. The average Bonchev–Trinajstić information content (AvgIpc) is 2.93. The maximum absolute atomic E-state index is 9.57. The van der Waals surface area contributed by atoms with E-state index < -0.39 is 0 Å². The van der Waals surface area contributed by atoms with E-state index in [0.29, 0.717) is 12.1 Å². The van der Waals surface area contributed by atoms with Gasteiger partial charge in [-0.1, -0.05) is 30.3 Å². The Morgan fingerprint density at radius 1 is 1.11 bits per heavy atom. The van der Waals surface area contributed by atoms with Gasteiger partial charge in [0, 0.05) is 62.7 Å². The molecule has 2 heterocycles. The summed E-state index contributed by atoms with van der Waals surface area (Å²) in [6, 6.07) is 11.4. The van der Waals surface area contributed by atoms with Crippen LogP contribution in [0.4, 0.5) is 0 Å². The molecule has 0 radical (unpaired) electrons. The molecule has 1 aromatic carbocycles. The molecule has 3 rings (SSSR count). The van der Waals surface area contributed by atoms with E-state index in [1.807, 2.05) is 0 Å². The maximum Gasteiger partial charge on any atom is 0.0641 e.